The van der Waals surface area contributed by atoms with Crippen molar-refractivity contribution in [2.45, 2.75) is 52.5 Å². The van der Waals surface area contributed by atoms with Crippen molar-refractivity contribution in [3.8, 4) is 0 Å². The van der Waals surface area contributed by atoms with Crippen molar-refractivity contribution in [2.24, 2.45) is 5.92 Å². The van der Waals surface area contributed by atoms with Crippen LogP contribution in [-0.4, -0.2) is 29.3 Å². The summed E-state index contributed by atoms with van der Waals surface area (Å²) in [6.07, 6.45) is 1.41. The summed E-state index contributed by atoms with van der Waals surface area (Å²) in [5, 5.41) is 11.6. The van der Waals surface area contributed by atoms with Gasteiger partial charge in [0.25, 0.3) is 0 Å². The van der Waals surface area contributed by atoms with E-state index in [0.29, 0.717) is 13.0 Å². The second kappa shape index (κ2) is 7.14. The molecular weight excluding hydrogens is 222 g/mol. The minimum atomic E-state index is -1.27. The third kappa shape index (κ3) is 6.14. The zero-order valence-electron chi connectivity index (χ0n) is 11.1. The summed E-state index contributed by atoms with van der Waals surface area (Å²) in [7, 11) is 0. The van der Waals surface area contributed by atoms with E-state index in [9.17, 15) is 9.59 Å². The van der Waals surface area contributed by atoms with Crippen LogP contribution in [0.1, 0.15) is 47.0 Å². The molecule has 0 aromatic rings. The van der Waals surface area contributed by atoms with Crippen molar-refractivity contribution >= 4 is 12.1 Å². The lowest BCUT2D eigenvalue weighted by Crippen LogP contribution is -2.53. The molecule has 0 heterocycles. The van der Waals surface area contributed by atoms with Crippen LogP contribution in [-0.2, 0) is 9.53 Å². The van der Waals surface area contributed by atoms with Crippen LogP contribution in [0.2, 0.25) is 0 Å². The first-order valence-electron chi connectivity index (χ1n) is 6.00. The normalized spacial score (nSPS) is 14.2. The first-order chi connectivity index (χ1) is 7.81. The van der Waals surface area contributed by atoms with Gasteiger partial charge in [-0.2, -0.15) is 0 Å². The van der Waals surface area contributed by atoms with E-state index in [1.54, 1.807) is 0 Å². The molecule has 0 aromatic carbocycles. The summed E-state index contributed by atoms with van der Waals surface area (Å²) >= 11 is 0. The van der Waals surface area contributed by atoms with Crippen molar-refractivity contribution in [1.29, 1.82) is 0 Å². The van der Waals surface area contributed by atoms with E-state index in [0.717, 1.165) is 12.8 Å². The maximum atomic E-state index is 11.4. The minimum Gasteiger partial charge on any atom is -0.480 e. The maximum Gasteiger partial charge on any atom is 0.408 e. The van der Waals surface area contributed by atoms with Gasteiger partial charge in [0.2, 0.25) is 0 Å². The smallest absolute Gasteiger partial charge is 0.408 e. The molecule has 0 aromatic heterocycles. The number of carbonyl (C=O) groups is 2. The number of carbonyl (C=O) groups excluding carboxylic acids is 1. The molecule has 0 aliphatic heterocycles. The van der Waals surface area contributed by atoms with E-state index in [1.165, 1.54) is 6.92 Å². The summed E-state index contributed by atoms with van der Waals surface area (Å²) in [5.41, 5.74) is -1.27. The number of ether oxygens (including phenoxy) is 1. The first-order valence-corrected chi connectivity index (χ1v) is 6.00. The fourth-order valence-corrected chi connectivity index (χ4v) is 1.58. The Kier molecular flexibility index (Phi) is 6.61. The molecule has 5 heteroatoms. The first kappa shape index (κ1) is 15.7. The largest absolute Gasteiger partial charge is 0.480 e. The Morgan fingerprint density at radius 1 is 1.41 bits per heavy atom. The summed E-state index contributed by atoms with van der Waals surface area (Å²) in [6, 6.07) is 0. The fourth-order valence-electron chi connectivity index (χ4n) is 1.58. The molecule has 0 aliphatic carbocycles. The molecule has 17 heavy (non-hydrogen) atoms. The van der Waals surface area contributed by atoms with Crippen molar-refractivity contribution in [2.75, 3.05) is 6.61 Å². The average molecular weight is 245 g/mol. The van der Waals surface area contributed by atoms with Crippen molar-refractivity contribution in [1.82, 2.24) is 5.32 Å². The highest BCUT2D eigenvalue weighted by atomic mass is 16.5. The van der Waals surface area contributed by atoms with Crippen LogP contribution < -0.4 is 5.32 Å². The number of aliphatic carboxylic acids is 1. The summed E-state index contributed by atoms with van der Waals surface area (Å²) < 4.78 is 4.90. The van der Waals surface area contributed by atoms with Gasteiger partial charge in [-0.3, -0.25) is 0 Å². The van der Waals surface area contributed by atoms with Crippen LogP contribution in [0.4, 0.5) is 4.79 Å². The van der Waals surface area contributed by atoms with Gasteiger partial charge in [0.1, 0.15) is 5.54 Å². The van der Waals surface area contributed by atoms with Crippen LogP contribution in [0.25, 0.3) is 0 Å². The van der Waals surface area contributed by atoms with E-state index >= 15 is 0 Å². The third-order valence-corrected chi connectivity index (χ3v) is 2.40. The fraction of sp³-hybridized carbons (Fsp3) is 0.833. The van der Waals surface area contributed by atoms with Gasteiger partial charge >= 0.3 is 12.1 Å². The lowest BCUT2D eigenvalue weighted by molar-refractivity contribution is -0.144. The molecule has 0 radical (unpaired) electrons. The van der Waals surface area contributed by atoms with Crippen molar-refractivity contribution in [3.05, 3.63) is 0 Å². The molecule has 0 spiro atoms. The Morgan fingerprint density at radius 3 is 2.41 bits per heavy atom. The Bertz CT molecular complexity index is 265. The molecule has 2 N–H and O–H groups in total. The number of alkyl carbamates (subject to hydrolysis) is 1. The lowest BCUT2D eigenvalue weighted by Gasteiger charge is -2.27. The lowest BCUT2D eigenvalue weighted by atomic mass is 9.91. The van der Waals surface area contributed by atoms with Gasteiger partial charge in [-0.15, -0.1) is 0 Å². The molecule has 100 valence electrons. The molecule has 0 bridgehead atoms. The number of unbranched alkanes of at least 4 members (excludes halogenated alkanes) is 1. The number of amides is 1. The Labute approximate surface area is 103 Å². The van der Waals surface area contributed by atoms with Crippen LogP contribution in [0.15, 0.2) is 0 Å². The SMILES string of the molecule is CCCCOC(=O)NC(C)(CC(C)C)C(=O)O. The zero-order chi connectivity index (χ0) is 13.5. The molecule has 0 saturated carbocycles. The van der Waals surface area contributed by atoms with Crippen LogP contribution in [0, 0.1) is 5.92 Å². The van der Waals surface area contributed by atoms with Gasteiger partial charge in [0, 0.05) is 0 Å². The predicted octanol–water partition coefficient (Wildman–Crippen LogP) is 2.40. The van der Waals surface area contributed by atoms with Crippen molar-refractivity contribution < 1.29 is 19.4 Å². The van der Waals surface area contributed by atoms with Gasteiger partial charge in [-0.25, -0.2) is 9.59 Å². The number of rotatable bonds is 7. The highest BCUT2D eigenvalue weighted by Crippen LogP contribution is 2.17. The maximum absolute atomic E-state index is 11.4. The average Bonchev–Trinajstić information content (AvgIpc) is 2.16. The highest BCUT2D eigenvalue weighted by molar-refractivity contribution is 5.83. The molecular formula is C12H23NO4. The Hall–Kier alpha value is -1.26. The van der Waals surface area contributed by atoms with Gasteiger partial charge in [0.05, 0.1) is 6.61 Å². The molecule has 0 aliphatic rings. The van der Waals surface area contributed by atoms with Crippen LogP contribution in [0.5, 0.6) is 0 Å². The molecule has 1 unspecified atom stereocenters. The second-order valence-electron chi connectivity index (χ2n) is 4.85. The van der Waals surface area contributed by atoms with Gasteiger partial charge < -0.3 is 15.2 Å². The predicted molar refractivity (Wildman–Crippen MR) is 64.9 cm³/mol. The standard InChI is InChI=1S/C12H23NO4/c1-5-6-7-17-11(16)13-12(4,10(14)15)8-9(2)3/h9H,5-8H2,1-4H3,(H,13,16)(H,14,15). The Balaban J connectivity index is 4.34. The number of nitrogens with one attached hydrogen (secondary N) is 1. The van der Waals surface area contributed by atoms with E-state index in [-0.39, 0.29) is 5.92 Å². The number of hydrogen-bond acceptors (Lipinski definition) is 3. The quantitative estimate of drug-likeness (QED) is 0.675. The highest BCUT2D eigenvalue weighted by Gasteiger charge is 2.35. The van der Waals surface area contributed by atoms with Crippen molar-refractivity contribution in [3.63, 3.8) is 0 Å². The molecule has 5 nitrogen and oxygen atoms in total. The topological polar surface area (TPSA) is 75.6 Å². The summed E-state index contributed by atoms with van der Waals surface area (Å²) in [5.74, 6) is -0.870. The second-order valence-corrected chi connectivity index (χ2v) is 4.85. The number of hydrogen-bond donors (Lipinski definition) is 2. The Morgan fingerprint density at radius 2 is 2.00 bits per heavy atom. The molecule has 0 saturated heterocycles. The minimum absolute atomic E-state index is 0.173. The van der Waals surface area contributed by atoms with Gasteiger partial charge in [-0.05, 0) is 25.7 Å². The molecule has 0 rings (SSSR count). The van der Waals surface area contributed by atoms with Gasteiger partial charge in [-0.1, -0.05) is 27.2 Å². The van der Waals surface area contributed by atoms with E-state index < -0.39 is 17.6 Å². The number of carboxylic acid groups (broad SMARTS) is 1. The molecule has 1 amide bonds. The monoisotopic (exact) mass is 245 g/mol. The van der Waals surface area contributed by atoms with E-state index in [2.05, 4.69) is 5.32 Å². The summed E-state index contributed by atoms with van der Waals surface area (Å²) in [6.45, 7) is 7.62. The van der Waals surface area contributed by atoms with Crippen LogP contribution >= 0.6 is 0 Å². The summed E-state index contributed by atoms with van der Waals surface area (Å²) in [4.78, 5) is 22.6. The van der Waals surface area contributed by atoms with Crippen LogP contribution in [0.3, 0.4) is 0 Å². The van der Waals surface area contributed by atoms with Gasteiger partial charge in [0.15, 0.2) is 0 Å². The van der Waals surface area contributed by atoms with E-state index in [4.69, 9.17) is 9.84 Å². The zero-order valence-corrected chi connectivity index (χ0v) is 11.1. The third-order valence-electron chi connectivity index (χ3n) is 2.40. The molecule has 0 fully saturated rings. The number of carboxylic acids is 1. The van der Waals surface area contributed by atoms with E-state index in [1.807, 2.05) is 20.8 Å². The molecule has 1 atom stereocenters.